The average Bonchev–Trinajstić information content (AvgIpc) is 2.78. The summed E-state index contributed by atoms with van der Waals surface area (Å²) in [5, 5.41) is 3.93. The number of nitrogens with two attached hydrogens (primary N) is 1. The zero-order valence-corrected chi connectivity index (χ0v) is 11.4. The fraction of sp³-hybridized carbons (Fsp3) is 0.571. The predicted octanol–water partition coefficient (Wildman–Crippen LogP) is 3.80. The molecule has 0 saturated heterocycles. The third kappa shape index (κ3) is 2.78. The van der Waals surface area contributed by atoms with Gasteiger partial charge in [0.2, 0.25) is 0 Å². The SMILES string of the molecule is CCC1CCC(CN)(Nc2cc(F)ccc2Cl)C1. The van der Waals surface area contributed by atoms with E-state index < -0.39 is 0 Å². The smallest absolute Gasteiger partial charge is 0.125 e. The van der Waals surface area contributed by atoms with E-state index in [1.165, 1.54) is 25.0 Å². The molecule has 1 aromatic carbocycles. The van der Waals surface area contributed by atoms with Crippen molar-refractivity contribution >= 4 is 17.3 Å². The molecule has 0 spiro atoms. The van der Waals surface area contributed by atoms with Gasteiger partial charge in [0.25, 0.3) is 0 Å². The van der Waals surface area contributed by atoms with Crippen LogP contribution in [0, 0.1) is 11.7 Å². The molecule has 3 N–H and O–H groups in total. The van der Waals surface area contributed by atoms with Gasteiger partial charge in [0.05, 0.1) is 10.7 Å². The van der Waals surface area contributed by atoms with E-state index >= 15 is 0 Å². The minimum atomic E-state index is -0.279. The van der Waals surface area contributed by atoms with Gasteiger partial charge >= 0.3 is 0 Å². The molecule has 2 unspecified atom stereocenters. The molecule has 1 saturated carbocycles. The Morgan fingerprint density at radius 1 is 1.56 bits per heavy atom. The van der Waals surface area contributed by atoms with Crippen molar-refractivity contribution in [3.63, 3.8) is 0 Å². The van der Waals surface area contributed by atoms with Crippen LogP contribution < -0.4 is 11.1 Å². The molecule has 0 heterocycles. The lowest BCUT2D eigenvalue weighted by Crippen LogP contribution is -2.43. The summed E-state index contributed by atoms with van der Waals surface area (Å²) in [5.41, 5.74) is 6.45. The van der Waals surface area contributed by atoms with Crippen LogP contribution in [0.4, 0.5) is 10.1 Å². The van der Waals surface area contributed by atoms with E-state index in [0.29, 0.717) is 23.2 Å². The highest BCUT2D eigenvalue weighted by Gasteiger charge is 2.37. The van der Waals surface area contributed by atoms with Crippen LogP contribution in [-0.4, -0.2) is 12.1 Å². The van der Waals surface area contributed by atoms with Gasteiger partial charge in [-0.3, -0.25) is 0 Å². The molecule has 1 fully saturated rings. The van der Waals surface area contributed by atoms with Gasteiger partial charge in [0.1, 0.15) is 5.82 Å². The Kier molecular flexibility index (Phi) is 4.13. The largest absolute Gasteiger partial charge is 0.377 e. The van der Waals surface area contributed by atoms with Crippen molar-refractivity contribution in [3.05, 3.63) is 29.0 Å². The highest BCUT2D eigenvalue weighted by Crippen LogP contribution is 2.39. The average molecular weight is 271 g/mol. The van der Waals surface area contributed by atoms with Gasteiger partial charge in [-0.2, -0.15) is 0 Å². The molecule has 0 bridgehead atoms. The van der Waals surface area contributed by atoms with Crippen LogP contribution in [0.25, 0.3) is 0 Å². The Balaban J connectivity index is 2.18. The van der Waals surface area contributed by atoms with Crippen LogP contribution >= 0.6 is 11.6 Å². The summed E-state index contributed by atoms with van der Waals surface area (Å²) in [6.45, 7) is 2.75. The Morgan fingerprint density at radius 3 is 2.94 bits per heavy atom. The van der Waals surface area contributed by atoms with Gasteiger partial charge < -0.3 is 11.1 Å². The summed E-state index contributed by atoms with van der Waals surface area (Å²) in [5.74, 6) is 0.424. The highest BCUT2D eigenvalue weighted by molar-refractivity contribution is 6.33. The summed E-state index contributed by atoms with van der Waals surface area (Å²) in [6.07, 6.45) is 4.40. The molecule has 0 amide bonds. The fourth-order valence-corrected chi connectivity index (χ4v) is 2.98. The first kappa shape index (κ1) is 13.6. The van der Waals surface area contributed by atoms with Crippen LogP contribution in [0.2, 0.25) is 5.02 Å². The van der Waals surface area contributed by atoms with Gasteiger partial charge in [-0.05, 0) is 43.4 Å². The number of anilines is 1. The normalized spacial score (nSPS) is 27.4. The van der Waals surface area contributed by atoms with E-state index in [4.69, 9.17) is 17.3 Å². The maximum atomic E-state index is 13.3. The van der Waals surface area contributed by atoms with Gasteiger partial charge in [-0.1, -0.05) is 24.9 Å². The molecule has 0 aliphatic heterocycles. The van der Waals surface area contributed by atoms with Gasteiger partial charge in [-0.15, -0.1) is 0 Å². The Hall–Kier alpha value is -0.800. The Morgan fingerprint density at radius 2 is 2.33 bits per heavy atom. The fourth-order valence-electron chi connectivity index (χ4n) is 2.81. The molecule has 18 heavy (non-hydrogen) atoms. The second-order valence-electron chi connectivity index (χ2n) is 5.25. The molecule has 2 atom stereocenters. The highest BCUT2D eigenvalue weighted by atomic mass is 35.5. The zero-order chi connectivity index (χ0) is 13.2. The van der Waals surface area contributed by atoms with Crippen LogP contribution in [0.3, 0.4) is 0 Å². The Labute approximate surface area is 113 Å². The van der Waals surface area contributed by atoms with Gasteiger partial charge in [0, 0.05) is 12.1 Å². The molecular weight excluding hydrogens is 251 g/mol. The number of halogens is 2. The second-order valence-corrected chi connectivity index (χ2v) is 5.66. The summed E-state index contributed by atoms with van der Waals surface area (Å²) in [6, 6.07) is 4.39. The quantitative estimate of drug-likeness (QED) is 0.873. The molecule has 2 nitrogen and oxygen atoms in total. The van der Waals surface area contributed by atoms with Crippen LogP contribution in [0.1, 0.15) is 32.6 Å². The molecular formula is C14H20ClFN2. The van der Waals surface area contributed by atoms with E-state index in [0.717, 1.165) is 12.8 Å². The molecule has 1 aromatic rings. The van der Waals surface area contributed by atoms with E-state index in [2.05, 4.69) is 12.2 Å². The minimum absolute atomic E-state index is 0.127. The van der Waals surface area contributed by atoms with Gasteiger partial charge in [-0.25, -0.2) is 4.39 Å². The standard InChI is InChI=1S/C14H20ClFN2/c1-2-10-5-6-14(8-10,9-17)18-13-7-11(16)3-4-12(13)15/h3-4,7,10,18H,2,5-6,8-9,17H2,1H3. The lowest BCUT2D eigenvalue weighted by molar-refractivity contribution is 0.449. The summed E-state index contributed by atoms with van der Waals surface area (Å²) >= 11 is 6.09. The molecule has 100 valence electrons. The molecule has 4 heteroatoms. The number of nitrogens with one attached hydrogen (secondary N) is 1. The van der Waals surface area contributed by atoms with Crippen molar-refractivity contribution in [1.29, 1.82) is 0 Å². The summed E-state index contributed by atoms with van der Waals surface area (Å²) in [7, 11) is 0. The maximum Gasteiger partial charge on any atom is 0.125 e. The number of hydrogen-bond donors (Lipinski definition) is 2. The van der Waals surface area contributed by atoms with Crippen molar-refractivity contribution in [2.45, 2.75) is 38.1 Å². The van der Waals surface area contributed by atoms with Crippen LogP contribution in [-0.2, 0) is 0 Å². The number of rotatable bonds is 4. The van der Waals surface area contributed by atoms with Crippen molar-refractivity contribution in [1.82, 2.24) is 0 Å². The Bertz CT molecular complexity index is 424. The minimum Gasteiger partial charge on any atom is -0.377 e. The van der Waals surface area contributed by atoms with Crippen molar-refractivity contribution < 1.29 is 4.39 Å². The topological polar surface area (TPSA) is 38.0 Å². The molecule has 0 radical (unpaired) electrons. The van der Waals surface area contributed by atoms with Crippen LogP contribution in [0.15, 0.2) is 18.2 Å². The first-order chi connectivity index (χ1) is 8.58. The number of hydrogen-bond acceptors (Lipinski definition) is 2. The predicted molar refractivity (Wildman–Crippen MR) is 74.5 cm³/mol. The summed E-state index contributed by atoms with van der Waals surface area (Å²) < 4.78 is 13.3. The van der Waals surface area contributed by atoms with E-state index in [1.807, 2.05) is 0 Å². The van der Waals surface area contributed by atoms with Gasteiger partial charge in [0.15, 0.2) is 0 Å². The maximum absolute atomic E-state index is 13.3. The zero-order valence-electron chi connectivity index (χ0n) is 10.7. The third-order valence-electron chi connectivity index (χ3n) is 4.01. The first-order valence-electron chi connectivity index (χ1n) is 6.52. The monoisotopic (exact) mass is 270 g/mol. The van der Waals surface area contributed by atoms with Crippen molar-refractivity contribution in [3.8, 4) is 0 Å². The lowest BCUT2D eigenvalue weighted by atomic mass is 9.94. The first-order valence-corrected chi connectivity index (χ1v) is 6.89. The third-order valence-corrected chi connectivity index (χ3v) is 4.34. The number of benzene rings is 1. The van der Waals surface area contributed by atoms with E-state index in [1.54, 1.807) is 6.07 Å². The van der Waals surface area contributed by atoms with Crippen molar-refractivity contribution in [2.24, 2.45) is 11.7 Å². The summed E-state index contributed by atoms with van der Waals surface area (Å²) in [4.78, 5) is 0. The lowest BCUT2D eigenvalue weighted by Gasteiger charge is -2.31. The molecule has 2 rings (SSSR count). The van der Waals surface area contributed by atoms with Crippen molar-refractivity contribution in [2.75, 3.05) is 11.9 Å². The van der Waals surface area contributed by atoms with Crippen LogP contribution in [0.5, 0.6) is 0 Å². The molecule has 1 aliphatic carbocycles. The molecule has 0 aromatic heterocycles. The van der Waals surface area contributed by atoms with E-state index in [9.17, 15) is 4.39 Å². The second kappa shape index (κ2) is 5.45. The molecule has 1 aliphatic rings. The van der Waals surface area contributed by atoms with E-state index in [-0.39, 0.29) is 11.4 Å².